The van der Waals surface area contributed by atoms with E-state index in [1.807, 2.05) is 29.6 Å². The van der Waals surface area contributed by atoms with Gasteiger partial charge >= 0.3 is 5.63 Å². The zero-order valence-corrected chi connectivity index (χ0v) is 16.2. The molecule has 0 saturated carbocycles. The molecule has 0 amide bonds. The molecular weight excluding hydrogens is 398 g/mol. The van der Waals surface area contributed by atoms with Crippen molar-refractivity contribution in [1.82, 2.24) is 4.98 Å². The first-order valence-corrected chi connectivity index (χ1v) is 9.54. The van der Waals surface area contributed by atoms with Crippen molar-refractivity contribution < 1.29 is 9.52 Å². The van der Waals surface area contributed by atoms with Gasteiger partial charge < -0.3 is 9.52 Å². The van der Waals surface area contributed by atoms with Crippen molar-refractivity contribution in [2.75, 3.05) is 5.43 Å². The van der Waals surface area contributed by atoms with E-state index in [0.29, 0.717) is 32.4 Å². The number of anilines is 1. The zero-order valence-electron chi connectivity index (χ0n) is 14.6. The fraction of sp³-hybridized carbons (Fsp3) is 0.0500. The lowest BCUT2D eigenvalue weighted by molar-refractivity contribution is 0.473. The highest BCUT2D eigenvalue weighted by atomic mass is 35.5. The number of hydrogen-bond donors (Lipinski definition) is 2. The average molecular weight is 412 g/mol. The summed E-state index contributed by atoms with van der Waals surface area (Å²) in [5, 5.41) is 17.6. The molecule has 0 fully saturated rings. The van der Waals surface area contributed by atoms with Gasteiger partial charge in [0.1, 0.15) is 11.3 Å². The molecule has 8 heteroatoms. The molecule has 2 aromatic carbocycles. The number of aromatic hydroxyl groups is 1. The number of thiazole rings is 1. The number of hydrazone groups is 1. The molecule has 2 aromatic heterocycles. The molecule has 4 aromatic rings. The van der Waals surface area contributed by atoms with E-state index in [1.54, 1.807) is 19.1 Å². The van der Waals surface area contributed by atoms with Gasteiger partial charge in [-0.3, -0.25) is 5.43 Å². The van der Waals surface area contributed by atoms with Crippen LogP contribution in [0.25, 0.3) is 22.2 Å². The third-order valence-corrected chi connectivity index (χ3v) is 5.07. The molecule has 0 unspecified atom stereocenters. The molecule has 28 heavy (non-hydrogen) atoms. The van der Waals surface area contributed by atoms with Gasteiger partial charge in [0.15, 0.2) is 0 Å². The molecule has 140 valence electrons. The van der Waals surface area contributed by atoms with E-state index in [4.69, 9.17) is 16.0 Å². The maximum Gasteiger partial charge on any atom is 0.345 e. The molecule has 0 aliphatic heterocycles. The van der Waals surface area contributed by atoms with Crippen molar-refractivity contribution in [3.63, 3.8) is 0 Å². The highest BCUT2D eigenvalue weighted by Gasteiger charge is 2.10. The molecule has 2 heterocycles. The predicted molar refractivity (Wildman–Crippen MR) is 113 cm³/mol. The first-order valence-electron chi connectivity index (χ1n) is 8.28. The van der Waals surface area contributed by atoms with Crippen LogP contribution in [-0.4, -0.2) is 15.8 Å². The van der Waals surface area contributed by atoms with Crippen LogP contribution in [-0.2, 0) is 0 Å². The number of benzene rings is 2. The van der Waals surface area contributed by atoms with Gasteiger partial charge in [-0.15, -0.1) is 11.3 Å². The molecule has 0 aliphatic carbocycles. The van der Waals surface area contributed by atoms with Crippen LogP contribution in [0, 0.1) is 0 Å². The highest BCUT2D eigenvalue weighted by molar-refractivity contribution is 7.14. The molecule has 6 nitrogen and oxygen atoms in total. The maximum absolute atomic E-state index is 12.2. The molecule has 0 spiro atoms. The number of nitrogens with zero attached hydrogens (tertiary/aromatic N) is 2. The first-order chi connectivity index (χ1) is 13.5. The smallest absolute Gasteiger partial charge is 0.345 e. The topological polar surface area (TPSA) is 87.7 Å². The summed E-state index contributed by atoms with van der Waals surface area (Å²) in [6.07, 6.45) is 0. The summed E-state index contributed by atoms with van der Waals surface area (Å²) in [6.45, 7) is 1.71. The van der Waals surface area contributed by atoms with Gasteiger partial charge in [-0.25, -0.2) is 9.78 Å². The summed E-state index contributed by atoms with van der Waals surface area (Å²) >= 11 is 7.31. The molecule has 2 N–H and O–H groups in total. The summed E-state index contributed by atoms with van der Waals surface area (Å²) in [5.74, 6) is 0.0377. The predicted octanol–water partition coefficient (Wildman–Crippen LogP) is 5.11. The van der Waals surface area contributed by atoms with Crippen molar-refractivity contribution in [2.24, 2.45) is 5.10 Å². The van der Waals surface area contributed by atoms with Crippen molar-refractivity contribution >= 4 is 44.8 Å². The zero-order chi connectivity index (χ0) is 19.7. The van der Waals surface area contributed by atoms with E-state index in [2.05, 4.69) is 15.5 Å². The van der Waals surface area contributed by atoms with Gasteiger partial charge in [0.2, 0.25) is 5.13 Å². The van der Waals surface area contributed by atoms with Crippen LogP contribution < -0.4 is 11.1 Å². The summed E-state index contributed by atoms with van der Waals surface area (Å²) in [5.41, 5.74) is 5.23. The van der Waals surface area contributed by atoms with Crippen LogP contribution in [0.5, 0.6) is 5.75 Å². The quantitative estimate of drug-likeness (QED) is 0.277. The second-order valence-corrected chi connectivity index (χ2v) is 7.32. The summed E-state index contributed by atoms with van der Waals surface area (Å²) in [4.78, 5) is 16.7. The van der Waals surface area contributed by atoms with Crippen LogP contribution in [0.1, 0.15) is 12.5 Å². The van der Waals surface area contributed by atoms with Gasteiger partial charge in [0.05, 0.1) is 17.0 Å². The molecule has 4 rings (SSSR count). The molecule has 0 aliphatic rings. The standard InChI is InChI=1S/C20H14ClN3O3S/c1-11(16-8-13-4-7-15(25)9-18(13)27-19(16)26)23-24-20-22-17(10-28-20)12-2-5-14(21)6-3-12/h2-10,25H,1H3,(H,22,24)/b23-11-. The summed E-state index contributed by atoms with van der Waals surface area (Å²) in [7, 11) is 0. The van der Waals surface area contributed by atoms with E-state index >= 15 is 0 Å². The number of fused-ring (bicyclic) bond motifs is 1. The lowest BCUT2D eigenvalue weighted by atomic mass is 10.1. The Morgan fingerprint density at radius 3 is 2.79 bits per heavy atom. The molecule has 0 saturated heterocycles. The van der Waals surface area contributed by atoms with Gasteiger partial charge in [0, 0.05) is 27.4 Å². The van der Waals surface area contributed by atoms with Crippen LogP contribution in [0.15, 0.2) is 68.2 Å². The Hall–Kier alpha value is -3.16. The second kappa shape index (κ2) is 7.46. The molecule has 0 atom stereocenters. The number of phenolic OH excluding ortho intramolecular Hbond substituents is 1. The number of rotatable bonds is 4. The first kappa shape index (κ1) is 18.2. The largest absolute Gasteiger partial charge is 0.508 e. The number of phenols is 1. The number of hydrogen-bond acceptors (Lipinski definition) is 7. The van der Waals surface area contributed by atoms with Gasteiger partial charge in [-0.1, -0.05) is 23.7 Å². The minimum atomic E-state index is -0.526. The number of halogens is 1. The Morgan fingerprint density at radius 1 is 1.21 bits per heavy atom. The van der Waals surface area contributed by atoms with Gasteiger partial charge in [-0.05, 0) is 37.3 Å². The van der Waals surface area contributed by atoms with Crippen molar-refractivity contribution in [3.8, 4) is 17.0 Å². The van der Waals surface area contributed by atoms with Crippen LogP contribution in [0.3, 0.4) is 0 Å². The van der Waals surface area contributed by atoms with E-state index in [-0.39, 0.29) is 5.75 Å². The summed E-state index contributed by atoms with van der Waals surface area (Å²) < 4.78 is 5.27. The van der Waals surface area contributed by atoms with Crippen LogP contribution in [0.4, 0.5) is 5.13 Å². The summed E-state index contributed by atoms with van der Waals surface area (Å²) in [6, 6.07) is 13.7. The van der Waals surface area contributed by atoms with Crippen molar-refractivity contribution in [2.45, 2.75) is 6.92 Å². The molecular formula is C20H14ClN3O3S. The Bertz CT molecular complexity index is 1250. The monoisotopic (exact) mass is 411 g/mol. The van der Waals surface area contributed by atoms with E-state index in [9.17, 15) is 9.90 Å². The Labute approximate surface area is 168 Å². The minimum absolute atomic E-state index is 0.0377. The average Bonchev–Trinajstić information content (AvgIpc) is 3.15. The van der Waals surface area contributed by atoms with E-state index in [0.717, 1.165) is 11.3 Å². The van der Waals surface area contributed by atoms with E-state index < -0.39 is 5.63 Å². The lowest BCUT2D eigenvalue weighted by Gasteiger charge is -2.03. The Balaban J connectivity index is 1.57. The van der Waals surface area contributed by atoms with Crippen molar-refractivity contribution in [3.05, 3.63) is 74.9 Å². The van der Waals surface area contributed by atoms with Crippen molar-refractivity contribution in [1.29, 1.82) is 0 Å². The maximum atomic E-state index is 12.2. The SMILES string of the molecule is C/C(=N/Nc1nc(-c2ccc(Cl)cc2)cs1)c1cc2ccc(O)cc2oc1=O. The second-order valence-electron chi connectivity index (χ2n) is 6.02. The molecule has 0 bridgehead atoms. The Morgan fingerprint density at radius 2 is 2.00 bits per heavy atom. The van der Waals surface area contributed by atoms with E-state index in [1.165, 1.54) is 23.5 Å². The third-order valence-electron chi connectivity index (χ3n) is 4.07. The highest BCUT2D eigenvalue weighted by Crippen LogP contribution is 2.26. The van der Waals surface area contributed by atoms with Crippen LogP contribution >= 0.6 is 22.9 Å². The molecule has 0 radical (unpaired) electrons. The fourth-order valence-corrected chi connectivity index (χ4v) is 3.41. The van der Waals surface area contributed by atoms with Gasteiger partial charge in [0.25, 0.3) is 0 Å². The third kappa shape index (κ3) is 3.76. The number of aromatic nitrogens is 1. The van der Waals surface area contributed by atoms with Crippen LogP contribution in [0.2, 0.25) is 5.02 Å². The normalized spacial score (nSPS) is 11.7. The fourth-order valence-electron chi connectivity index (χ4n) is 2.62. The van der Waals surface area contributed by atoms with Gasteiger partial charge in [-0.2, -0.15) is 5.10 Å². The Kier molecular flexibility index (Phi) is 4.85. The number of nitrogens with one attached hydrogen (secondary N) is 1. The minimum Gasteiger partial charge on any atom is -0.508 e. The lowest BCUT2D eigenvalue weighted by Crippen LogP contribution is -2.13.